The topological polar surface area (TPSA) is 134 Å². The standard InChI is InChI=1S/C42H68O8/c1-27(14-17-37(45)25-35(9)43)20-30(4)21-28(2)16-19-42(48)49-39-12-11-13-41(47)50-40(18-15-29(3)22-33(39)7)34(8)24-31(5)23-32(6)38(46)26-36(10)44/h14-16,19-21,23,32-40,43-46H,11-13,17-18,22,24-26H2,1-10H3/b19-16+,27-14+,28-21+,29-15+,30-20+,31-23+/t32-,33+,34+,35-,36-,37+,38-,39+,40-/m1/s1. The smallest absolute Gasteiger partial charge is 0.331 e. The molecule has 0 aromatic carbocycles. The van der Waals surface area contributed by atoms with Crippen molar-refractivity contribution in [2.24, 2.45) is 17.8 Å². The molecule has 0 saturated heterocycles. The number of carbonyl (C=O) groups is 2. The molecule has 0 fully saturated rings. The Morgan fingerprint density at radius 2 is 1.60 bits per heavy atom. The molecule has 0 unspecified atom stereocenters. The highest BCUT2D eigenvalue weighted by Crippen LogP contribution is 2.27. The Balaban J connectivity index is 2.87. The van der Waals surface area contributed by atoms with Crippen LogP contribution in [0.4, 0.5) is 0 Å². The molecule has 8 heteroatoms. The minimum atomic E-state index is -0.614. The van der Waals surface area contributed by atoms with E-state index in [1.54, 1.807) is 19.9 Å². The van der Waals surface area contributed by atoms with Crippen molar-refractivity contribution in [3.63, 3.8) is 0 Å². The molecule has 0 spiro atoms. The Kier molecular flexibility index (Phi) is 21.4. The van der Waals surface area contributed by atoms with Gasteiger partial charge in [0.1, 0.15) is 12.2 Å². The molecular weight excluding hydrogens is 632 g/mol. The molecular formula is C42H68O8. The van der Waals surface area contributed by atoms with Crippen LogP contribution >= 0.6 is 0 Å². The lowest BCUT2D eigenvalue weighted by atomic mass is 9.89. The van der Waals surface area contributed by atoms with E-state index in [9.17, 15) is 30.0 Å². The van der Waals surface area contributed by atoms with Crippen LogP contribution in [0.5, 0.6) is 0 Å². The van der Waals surface area contributed by atoms with Crippen LogP contribution in [0.15, 0.2) is 70.4 Å². The average Bonchev–Trinajstić information content (AvgIpc) is 2.99. The summed E-state index contributed by atoms with van der Waals surface area (Å²) < 4.78 is 11.9. The lowest BCUT2D eigenvalue weighted by molar-refractivity contribution is -0.152. The molecule has 0 amide bonds. The van der Waals surface area contributed by atoms with E-state index in [2.05, 4.69) is 26.8 Å². The summed E-state index contributed by atoms with van der Waals surface area (Å²) in [5.41, 5.74) is 5.18. The average molecular weight is 701 g/mol. The van der Waals surface area contributed by atoms with Gasteiger partial charge in [-0.25, -0.2) is 4.79 Å². The Bertz CT molecular complexity index is 1230. The van der Waals surface area contributed by atoms with Gasteiger partial charge >= 0.3 is 11.9 Å². The van der Waals surface area contributed by atoms with Crippen molar-refractivity contribution in [3.05, 3.63) is 70.4 Å². The molecule has 0 bridgehead atoms. The van der Waals surface area contributed by atoms with Crippen molar-refractivity contribution in [2.75, 3.05) is 0 Å². The van der Waals surface area contributed by atoms with E-state index < -0.39 is 30.4 Å². The number of hydrogen-bond donors (Lipinski definition) is 4. The first-order valence-corrected chi connectivity index (χ1v) is 18.5. The van der Waals surface area contributed by atoms with Crippen LogP contribution in [0.1, 0.15) is 127 Å². The lowest BCUT2D eigenvalue weighted by Gasteiger charge is -2.27. The van der Waals surface area contributed by atoms with Crippen molar-refractivity contribution in [1.82, 2.24) is 0 Å². The van der Waals surface area contributed by atoms with Gasteiger partial charge in [0, 0.05) is 24.8 Å². The van der Waals surface area contributed by atoms with Gasteiger partial charge in [0.2, 0.25) is 0 Å². The van der Waals surface area contributed by atoms with Crippen LogP contribution in [-0.2, 0) is 19.1 Å². The van der Waals surface area contributed by atoms with Crippen LogP contribution in [0, 0.1) is 17.8 Å². The number of rotatable bonds is 16. The van der Waals surface area contributed by atoms with Crippen molar-refractivity contribution in [3.8, 4) is 0 Å². The van der Waals surface area contributed by atoms with E-state index in [0.717, 1.165) is 40.7 Å². The van der Waals surface area contributed by atoms with Gasteiger partial charge in [-0.1, -0.05) is 85.1 Å². The van der Waals surface area contributed by atoms with E-state index in [0.29, 0.717) is 38.5 Å². The number of carbonyl (C=O) groups excluding carboxylic acids is 2. The maximum absolute atomic E-state index is 12.9. The molecule has 4 N–H and O–H groups in total. The highest BCUT2D eigenvalue weighted by Gasteiger charge is 2.26. The van der Waals surface area contributed by atoms with E-state index in [1.807, 2.05) is 58.9 Å². The second-order valence-electron chi connectivity index (χ2n) is 15.1. The molecule has 0 radical (unpaired) electrons. The largest absolute Gasteiger partial charge is 0.462 e. The normalized spacial score (nSPS) is 25.7. The first-order chi connectivity index (χ1) is 23.4. The third kappa shape index (κ3) is 20.2. The number of allylic oxidation sites excluding steroid dienone is 8. The Labute approximate surface area is 302 Å². The summed E-state index contributed by atoms with van der Waals surface area (Å²) in [5, 5.41) is 39.4. The molecule has 50 heavy (non-hydrogen) atoms. The molecule has 0 aromatic heterocycles. The third-order valence-corrected chi connectivity index (χ3v) is 9.13. The zero-order valence-corrected chi connectivity index (χ0v) is 32.5. The van der Waals surface area contributed by atoms with Gasteiger partial charge in [-0.05, 0) is 105 Å². The van der Waals surface area contributed by atoms with Gasteiger partial charge in [0.15, 0.2) is 0 Å². The minimum absolute atomic E-state index is 0.0744. The van der Waals surface area contributed by atoms with E-state index in [-0.39, 0.29) is 42.4 Å². The van der Waals surface area contributed by atoms with Crippen molar-refractivity contribution in [2.45, 2.75) is 164 Å². The molecule has 284 valence electrons. The van der Waals surface area contributed by atoms with Crippen LogP contribution in [-0.4, -0.2) is 69.0 Å². The van der Waals surface area contributed by atoms with Gasteiger partial charge < -0.3 is 29.9 Å². The summed E-state index contributed by atoms with van der Waals surface area (Å²) in [6.07, 6.45) is 15.0. The lowest BCUT2D eigenvalue weighted by Crippen LogP contribution is -2.28. The first-order valence-electron chi connectivity index (χ1n) is 18.5. The van der Waals surface area contributed by atoms with Gasteiger partial charge in [-0.3, -0.25) is 4.79 Å². The van der Waals surface area contributed by atoms with Crippen molar-refractivity contribution in [1.29, 1.82) is 0 Å². The van der Waals surface area contributed by atoms with Crippen LogP contribution in [0.25, 0.3) is 0 Å². The van der Waals surface area contributed by atoms with Crippen LogP contribution in [0.3, 0.4) is 0 Å². The maximum Gasteiger partial charge on any atom is 0.331 e. The molecule has 1 rings (SSSR count). The fourth-order valence-electron chi connectivity index (χ4n) is 6.47. The van der Waals surface area contributed by atoms with E-state index in [4.69, 9.17) is 9.47 Å². The summed E-state index contributed by atoms with van der Waals surface area (Å²) in [5.74, 6) is -0.598. The summed E-state index contributed by atoms with van der Waals surface area (Å²) in [4.78, 5) is 25.8. The third-order valence-electron chi connectivity index (χ3n) is 9.13. The van der Waals surface area contributed by atoms with Gasteiger partial charge in [0.05, 0.1) is 24.4 Å². The Morgan fingerprint density at radius 3 is 2.24 bits per heavy atom. The summed E-state index contributed by atoms with van der Waals surface area (Å²) in [7, 11) is 0. The molecule has 1 aliphatic heterocycles. The summed E-state index contributed by atoms with van der Waals surface area (Å²) >= 11 is 0. The summed E-state index contributed by atoms with van der Waals surface area (Å²) in [6, 6.07) is 0. The zero-order chi connectivity index (χ0) is 38.0. The Hall–Kier alpha value is -2.78. The van der Waals surface area contributed by atoms with Gasteiger partial charge in [0.25, 0.3) is 0 Å². The van der Waals surface area contributed by atoms with Crippen molar-refractivity contribution < 1.29 is 39.5 Å². The highest BCUT2D eigenvalue weighted by molar-refractivity contribution is 5.82. The monoisotopic (exact) mass is 700 g/mol. The second-order valence-corrected chi connectivity index (χ2v) is 15.1. The number of ether oxygens (including phenoxy) is 2. The number of aliphatic hydroxyl groups is 4. The van der Waals surface area contributed by atoms with Crippen LogP contribution < -0.4 is 0 Å². The molecule has 8 nitrogen and oxygen atoms in total. The molecule has 0 aliphatic carbocycles. The molecule has 9 atom stereocenters. The van der Waals surface area contributed by atoms with E-state index in [1.165, 1.54) is 6.08 Å². The Morgan fingerprint density at radius 1 is 0.960 bits per heavy atom. The molecule has 0 aromatic rings. The molecule has 0 saturated carbocycles. The molecule has 1 heterocycles. The quantitative estimate of drug-likeness (QED) is 0.0551. The van der Waals surface area contributed by atoms with E-state index >= 15 is 0 Å². The van der Waals surface area contributed by atoms with Crippen molar-refractivity contribution >= 4 is 11.9 Å². The predicted molar refractivity (Wildman–Crippen MR) is 202 cm³/mol. The fraction of sp³-hybridized carbons (Fsp3) is 0.667. The second kappa shape index (κ2) is 23.6. The SMILES string of the molecule is CC(=C\C[C@H](O)C[C@@H](C)O)/C=C(C)/C=C(C)/C=C/C(=O)O[C@H]1CCCC(=O)O[C@@H]([C@@H](C)C/C(C)=C/[C@@H](C)[C@H](O)C[C@@H](C)O)C/C=C(\C)C[C@@H]1C. The zero-order valence-electron chi connectivity index (χ0n) is 32.5. The highest BCUT2D eigenvalue weighted by atomic mass is 16.5. The fourth-order valence-corrected chi connectivity index (χ4v) is 6.47. The summed E-state index contributed by atoms with van der Waals surface area (Å²) in [6.45, 7) is 19.4. The number of aliphatic hydroxyl groups excluding tert-OH is 4. The van der Waals surface area contributed by atoms with Gasteiger partial charge in [-0.2, -0.15) is 0 Å². The van der Waals surface area contributed by atoms with Gasteiger partial charge in [-0.15, -0.1) is 0 Å². The number of esters is 2. The predicted octanol–water partition coefficient (Wildman–Crippen LogP) is 8.01. The maximum atomic E-state index is 12.9. The minimum Gasteiger partial charge on any atom is -0.462 e. The first kappa shape index (κ1) is 45.2. The number of cyclic esters (lactones) is 1. The number of hydrogen-bond acceptors (Lipinski definition) is 8. The molecule has 1 aliphatic rings. The van der Waals surface area contributed by atoms with Crippen LogP contribution in [0.2, 0.25) is 0 Å².